The summed E-state index contributed by atoms with van der Waals surface area (Å²) >= 11 is 5.51. The first-order valence-electron chi connectivity index (χ1n) is 5.30. The lowest BCUT2D eigenvalue weighted by molar-refractivity contribution is 0.0259. The second kappa shape index (κ2) is 3.55. The van der Waals surface area contributed by atoms with Gasteiger partial charge in [-0.25, -0.2) is 0 Å². The predicted octanol–water partition coefficient (Wildman–Crippen LogP) is 2.83. The number of thiophene rings is 1. The molecule has 1 aromatic heterocycles. The Morgan fingerprint density at radius 3 is 3.13 bits per heavy atom. The Hall–Kier alpha value is 0.1000. The van der Waals surface area contributed by atoms with Crippen LogP contribution in [0.1, 0.15) is 29.4 Å². The average molecular weight is 288 g/mol. The molecule has 0 saturated heterocycles. The van der Waals surface area contributed by atoms with Crippen molar-refractivity contribution in [1.82, 2.24) is 5.32 Å². The molecule has 2 aliphatic rings. The number of fused-ring (bicyclic) bond motifs is 2. The molecule has 1 aliphatic carbocycles. The number of likely N-dealkylation sites (N-methyl/N-ethyl adjacent to an activating group) is 1. The van der Waals surface area contributed by atoms with Crippen LogP contribution < -0.4 is 5.32 Å². The molecule has 0 unspecified atom stereocenters. The molecule has 1 aromatic rings. The van der Waals surface area contributed by atoms with Crippen molar-refractivity contribution in [2.24, 2.45) is 0 Å². The summed E-state index contributed by atoms with van der Waals surface area (Å²) in [5.74, 6) is 0. The normalized spacial score (nSPS) is 26.7. The lowest BCUT2D eigenvalue weighted by Gasteiger charge is -2.29. The van der Waals surface area contributed by atoms with Crippen molar-refractivity contribution >= 4 is 27.3 Å². The van der Waals surface area contributed by atoms with Crippen LogP contribution in [0.2, 0.25) is 0 Å². The fraction of sp³-hybridized carbons (Fsp3) is 0.636. The van der Waals surface area contributed by atoms with Crippen LogP contribution in [0.5, 0.6) is 0 Å². The highest BCUT2D eigenvalue weighted by Gasteiger charge is 2.51. The molecule has 1 atom stereocenters. The highest BCUT2D eigenvalue weighted by Crippen LogP contribution is 2.57. The van der Waals surface area contributed by atoms with E-state index >= 15 is 0 Å². The van der Waals surface area contributed by atoms with Crippen LogP contribution in [0.4, 0.5) is 0 Å². The highest BCUT2D eigenvalue weighted by molar-refractivity contribution is 9.10. The van der Waals surface area contributed by atoms with E-state index in [1.807, 2.05) is 18.4 Å². The van der Waals surface area contributed by atoms with Crippen molar-refractivity contribution in [3.8, 4) is 0 Å². The summed E-state index contributed by atoms with van der Waals surface area (Å²) in [6.45, 7) is 1.82. The number of ether oxygens (including phenoxy) is 1. The molecule has 82 valence electrons. The van der Waals surface area contributed by atoms with E-state index in [9.17, 15) is 0 Å². The van der Waals surface area contributed by atoms with E-state index in [0.29, 0.717) is 5.41 Å². The molecule has 0 aromatic carbocycles. The summed E-state index contributed by atoms with van der Waals surface area (Å²) in [4.78, 5) is 1.43. The first-order valence-corrected chi connectivity index (χ1v) is 6.98. The average Bonchev–Trinajstić information content (AvgIpc) is 2.88. The first-order chi connectivity index (χ1) is 7.27. The zero-order chi connectivity index (χ0) is 10.5. The summed E-state index contributed by atoms with van der Waals surface area (Å²) in [5, 5.41) is 5.41. The van der Waals surface area contributed by atoms with Crippen molar-refractivity contribution < 1.29 is 4.74 Å². The van der Waals surface area contributed by atoms with E-state index in [2.05, 4.69) is 26.6 Å². The van der Waals surface area contributed by atoms with Gasteiger partial charge in [-0.05, 0) is 41.4 Å². The van der Waals surface area contributed by atoms with Gasteiger partial charge in [-0.1, -0.05) is 0 Å². The predicted molar refractivity (Wildman–Crippen MR) is 65.6 cm³/mol. The minimum Gasteiger partial charge on any atom is -0.370 e. The molecule has 1 aliphatic heterocycles. The number of halogens is 1. The van der Waals surface area contributed by atoms with Crippen LogP contribution in [-0.4, -0.2) is 20.2 Å². The maximum atomic E-state index is 5.96. The van der Waals surface area contributed by atoms with Crippen LogP contribution in [0.3, 0.4) is 0 Å². The van der Waals surface area contributed by atoms with Crippen LogP contribution in [0.25, 0.3) is 0 Å². The molecule has 3 rings (SSSR count). The van der Waals surface area contributed by atoms with Gasteiger partial charge in [-0.15, -0.1) is 11.3 Å². The van der Waals surface area contributed by atoms with Gasteiger partial charge in [0.05, 0.1) is 6.61 Å². The van der Waals surface area contributed by atoms with Gasteiger partial charge < -0.3 is 10.1 Å². The van der Waals surface area contributed by atoms with Gasteiger partial charge in [0.1, 0.15) is 6.10 Å². The summed E-state index contributed by atoms with van der Waals surface area (Å²) in [6.07, 6.45) is 2.84. The minimum absolute atomic E-state index is 0.257. The van der Waals surface area contributed by atoms with E-state index < -0.39 is 0 Å². The van der Waals surface area contributed by atoms with Crippen LogP contribution in [-0.2, 0) is 10.2 Å². The molecule has 0 amide bonds. The molecule has 1 saturated carbocycles. The summed E-state index contributed by atoms with van der Waals surface area (Å²) in [6, 6.07) is 0. The number of hydrogen-bond donors (Lipinski definition) is 1. The van der Waals surface area contributed by atoms with Crippen LogP contribution >= 0.6 is 27.3 Å². The quantitative estimate of drug-likeness (QED) is 0.903. The first kappa shape index (κ1) is 10.3. The zero-order valence-corrected chi connectivity index (χ0v) is 11.1. The molecule has 1 fully saturated rings. The molecule has 1 N–H and O–H groups in total. The number of hydrogen-bond acceptors (Lipinski definition) is 3. The van der Waals surface area contributed by atoms with Gasteiger partial charge in [0, 0.05) is 26.7 Å². The summed E-state index contributed by atoms with van der Waals surface area (Å²) in [5.41, 5.74) is 1.91. The number of rotatable bonds is 2. The molecule has 0 radical (unpaired) electrons. The lowest BCUT2D eigenvalue weighted by Crippen LogP contribution is -2.30. The maximum absolute atomic E-state index is 5.96. The molecule has 1 spiro atoms. The van der Waals surface area contributed by atoms with E-state index in [1.54, 1.807) is 5.56 Å². The monoisotopic (exact) mass is 287 g/mol. The molecule has 2 heterocycles. The Morgan fingerprint density at radius 1 is 1.67 bits per heavy atom. The Kier molecular flexibility index (Phi) is 2.43. The minimum atomic E-state index is 0.257. The van der Waals surface area contributed by atoms with Crippen molar-refractivity contribution in [3.63, 3.8) is 0 Å². The van der Waals surface area contributed by atoms with E-state index in [4.69, 9.17) is 4.74 Å². The standard InChI is InChI=1S/C11H14BrNOS/c1-13-4-8-10-9(7(12)5-15-10)11(2-3-11)6-14-8/h5,8,13H,2-4,6H2,1H3/t8-/m0/s1. The topological polar surface area (TPSA) is 21.3 Å². The van der Waals surface area contributed by atoms with E-state index in [0.717, 1.165) is 13.2 Å². The Bertz CT molecular complexity index is 386. The second-order valence-electron chi connectivity index (χ2n) is 4.46. The van der Waals surface area contributed by atoms with Gasteiger partial charge in [0.25, 0.3) is 0 Å². The molecular weight excluding hydrogens is 274 g/mol. The fourth-order valence-electron chi connectivity index (χ4n) is 2.39. The zero-order valence-electron chi connectivity index (χ0n) is 8.68. The SMILES string of the molecule is CNC[C@@H]1OCC2(CC2)c2c(Br)csc21. The molecule has 15 heavy (non-hydrogen) atoms. The summed E-state index contributed by atoms with van der Waals surface area (Å²) in [7, 11) is 1.98. The Morgan fingerprint density at radius 2 is 2.47 bits per heavy atom. The van der Waals surface area contributed by atoms with Crippen LogP contribution in [0, 0.1) is 0 Å². The van der Waals surface area contributed by atoms with E-state index in [1.165, 1.54) is 22.2 Å². The van der Waals surface area contributed by atoms with Crippen molar-refractivity contribution in [1.29, 1.82) is 0 Å². The highest BCUT2D eigenvalue weighted by atomic mass is 79.9. The molecular formula is C11H14BrNOS. The third-order valence-corrected chi connectivity index (χ3v) is 5.40. The largest absolute Gasteiger partial charge is 0.370 e. The van der Waals surface area contributed by atoms with Gasteiger partial charge in [-0.2, -0.15) is 0 Å². The van der Waals surface area contributed by atoms with Crippen molar-refractivity contribution in [2.45, 2.75) is 24.4 Å². The van der Waals surface area contributed by atoms with Gasteiger partial charge >= 0.3 is 0 Å². The smallest absolute Gasteiger partial charge is 0.104 e. The van der Waals surface area contributed by atoms with Gasteiger partial charge in [-0.3, -0.25) is 0 Å². The molecule has 2 nitrogen and oxygen atoms in total. The summed E-state index contributed by atoms with van der Waals surface area (Å²) < 4.78 is 7.26. The fourth-order valence-corrected chi connectivity index (χ4v) is 4.53. The van der Waals surface area contributed by atoms with E-state index in [-0.39, 0.29) is 6.10 Å². The van der Waals surface area contributed by atoms with Crippen molar-refractivity contribution in [2.75, 3.05) is 20.2 Å². The second-order valence-corrected chi connectivity index (χ2v) is 6.23. The maximum Gasteiger partial charge on any atom is 0.104 e. The van der Waals surface area contributed by atoms with Gasteiger partial charge in [0.2, 0.25) is 0 Å². The third-order valence-electron chi connectivity index (χ3n) is 3.40. The van der Waals surface area contributed by atoms with Gasteiger partial charge in [0.15, 0.2) is 0 Å². The third kappa shape index (κ3) is 1.50. The van der Waals surface area contributed by atoms with Crippen LogP contribution in [0.15, 0.2) is 9.85 Å². The number of nitrogens with one attached hydrogen (secondary N) is 1. The molecule has 0 bridgehead atoms. The Balaban J connectivity index is 2.02. The Labute approximate surface area is 102 Å². The lowest BCUT2D eigenvalue weighted by atomic mass is 9.93. The molecule has 4 heteroatoms. The van der Waals surface area contributed by atoms with Crippen molar-refractivity contribution in [3.05, 3.63) is 20.3 Å².